The summed E-state index contributed by atoms with van der Waals surface area (Å²) in [6.07, 6.45) is 6.72. The number of nitrogens with one attached hydrogen (secondary N) is 2. The molecule has 2 fully saturated rings. The summed E-state index contributed by atoms with van der Waals surface area (Å²) in [5, 5.41) is 11.3. The first kappa shape index (κ1) is 15.3. The quantitative estimate of drug-likeness (QED) is 0.625. The van der Waals surface area contributed by atoms with E-state index in [1.807, 2.05) is 17.9 Å². The van der Waals surface area contributed by atoms with Gasteiger partial charge in [-0.3, -0.25) is 14.6 Å². The fourth-order valence-electron chi connectivity index (χ4n) is 3.18. The van der Waals surface area contributed by atoms with Crippen LogP contribution in [0.5, 0.6) is 0 Å². The van der Waals surface area contributed by atoms with Crippen LogP contribution in [0, 0.1) is 12.8 Å². The second-order valence-corrected chi connectivity index (χ2v) is 6.69. The van der Waals surface area contributed by atoms with Gasteiger partial charge in [0, 0.05) is 45.0 Å². The van der Waals surface area contributed by atoms with Crippen molar-refractivity contribution in [1.29, 1.82) is 0 Å². The Morgan fingerprint density at radius 3 is 2.86 bits per heavy atom. The summed E-state index contributed by atoms with van der Waals surface area (Å²) in [5.74, 6) is 1.58. The van der Waals surface area contributed by atoms with Crippen molar-refractivity contribution in [2.75, 3.05) is 26.7 Å². The predicted molar refractivity (Wildman–Crippen MR) is 89.0 cm³/mol. The topological polar surface area (TPSA) is 57.5 Å². The summed E-state index contributed by atoms with van der Waals surface area (Å²) < 4.78 is 1.96. The molecule has 6 heteroatoms. The van der Waals surface area contributed by atoms with E-state index >= 15 is 0 Å². The first-order valence-electron chi connectivity index (χ1n) is 8.36. The minimum Gasteiger partial charge on any atom is -0.355 e. The maximum atomic E-state index is 4.35. The average molecular weight is 304 g/mol. The molecule has 1 aromatic rings. The number of nitrogens with zero attached hydrogens (tertiary/aromatic N) is 4. The molecule has 6 nitrogen and oxygen atoms in total. The van der Waals surface area contributed by atoms with E-state index in [4.69, 9.17) is 0 Å². The Bertz CT molecular complexity index is 518. The molecule has 2 heterocycles. The Kier molecular flexibility index (Phi) is 4.66. The van der Waals surface area contributed by atoms with Crippen LogP contribution in [0.1, 0.15) is 25.3 Å². The van der Waals surface area contributed by atoms with Crippen LogP contribution in [0.3, 0.4) is 0 Å². The van der Waals surface area contributed by atoms with Crippen LogP contribution in [-0.4, -0.2) is 59.4 Å². The van der Waals surface area contributed by atoms with Crippen LogP contribution in [-0.2, 0) is 6.54 Å². The van der Waals surface area contributed by atoms with Crippen LogP contribution in [0.4, 0.5) is 0 Å². The second kappa shape index (κ2) is 6.69. The van der Waals surface area contributed by atoms with Crippen molar-refractivity contribution in [2.24, 2.45) is 10.9 Å². The summed E-state index contributed by atoms with van der Waals surface area (Å²) >= 11 is 0. The average Bonchev–Trinajstić information content (AvgIpc) is 3.18. The van der Waals surface area contributed by atoms with Gasteiger partial charge >= 0.3 is 0 Å². The molecule has 0 amide bonds. The minimum absolute atomic E-state index is 0.499. The lowest BCUT2D eigenvalue weighted by atomic mass is 10.1. The highest BCUT2D eigenvalue weighted by Crippen LogP contribution is 2.31. The largest absolute Gasteiger partial charge is 0.355 e. The Morgan fingerprint density at radius 1 is 1.41 bits per heavy atom. The Labute approximate surface area is 133 Å². The van der Waals surface area contributed by atoms with Crippen molar-refractivity contribution in [3.8, 4) is 0 Å². The monoisotopic (exact) mass is 304 g/mol. The van der Waals surface area contributed by atoms with Gasteiger partial charge in [-0.15, -0.1) is 0 Å². The third-order valence-electron chi connectivity index (χ3n) is 4.65. The van der Waals surface area contributed by atoms with Crippen molar-refractivity contribution in [3.05, 3.63) is 18.0 Å². The molecule has 2 unspecified atom stereocenters. The van der Waals surface area contributed by atoms with Gasteiger partial charge in [0.05, 0.1) is 12.7 Å². The molecule has 22 heavy (non-hydrogen) atoms. The van der Waals surface area contributed by atoms with Crippen molar-refractivity contribution in [3.63, 3.8) is 0 Å². The van der Waals surface area contributed by atoms with Gasteiger partial charge in [0.2, 0.25) is 0 Å². The number of aryl methyl sites for hydroxylation is 1. The smallest absolute Gasteiger partial charge is 0.191 e. The van der Waals surface area contributed by atoms with E-state index in [9.17, 15) is 0 Å². The van der Waals surface area contributed by atoms with Gasteiger partial charge in [-0.2, -0.15) is 5.10 Å². The number of aliphatic imine (C=N–C) groups is 1. The standard InChI is InChI=1S/C16H28N6/c1-12-8-19-22(9-12)7-6-18-16(17-3)20-15-11-21(10-13(15)2)14-4-5-14/h8-9,13-15H,4-7,10-11H2,1-3H3,(H2,17,18,20). The summed E-state index contributed by atoms with van der Waals surface area (Å²) in [5.41, 5.74) is 1.20. The van der Waals surface area contributed by atoms with Gasteiger partial charge in [0.25, 0.3) is 0 Å². The zero-order valence-corrected chi connectivity index (χ0v) is 13.9. The highest BCUT2D eigenvalue weighted by atomic mass is 15.3. The first-order chi connectivity index (χ1) is 10.7. The van der Waals surface area contributed by atoms with Gasteiger partial charge in [-0.1, -0.05) is 6.92 Å². The molecule has 0 radical (unpaired) electrons. The molecular formula is C16H28N6. The molecule has 1 aliphatic heterocycles. The van der Waals surface area contributed by atoms with Crippen LogP contribution in [0.15, 0.2) is 17.4 Å². The molecule has 1 saturated carbocycles. The lowest BCUT2D eigenvalue weighted by molar-refractivity contribution is 0.315. The van der Waals surface area contributed by atoms with Gasteiger partial charge < -0.3 is 10.6 Å². The summed E-state index contributed by atoms with van der Waals surface area (Å²) in [6.45, 7) is 8.43. The van der Waals surface area contributed by atoms with Crippen LogP contribution >= 0.6 is 0 Å². The number of hydrogen-bond acceptors (Lipinski definition) is 3. The lowest BCUT2D eigenvalue weighted by Gasteiger charge is -2.20. The van der Waals surface area contributed by atoms with Gasteiger partial charge in [0.15, 0.2) is 5.96 Å². The summed E-state index contributed by atoms with van der Waals surface area (Å²) in [7, 11) is 1.84. The van der Waals surface area contributed by atoms with Crippen molar-refractivity contribution < 1.29 is 0 Å². The lowest BCUT2D eigenvalue weighted by Crippen LogP contribution is -2.47. The Morgan fingerprint density at radius 2 is 2.23 bits per heavy atom. The number of guanidine groups is 1. The zero-order chi connectivity index (χ0) is 15.5. The predicted octanol–water partition coefficient (Wildman–Crippen LogP) is 0.839. The third kappa shape index (κ3) is 3.80. The SMILES string of the molecule is CN=C(NCCn1cc(C)cn1)NC1CN(C2CC2)CC1C. The van der Waals surface area contributed by atoms with Crippen LogP contribution < -0.4 is 10.6 Å². The van der Waals surface area contributed by atoms with E-state index in [0.29, 0.717) is 12.0 Å². The summed E-state index contributed by atoms with van der Waals surface area (Å²) in [4.78, 5) is 6.98. The maximum Gasteiger partial charge on any atom is 0.191 e. The van der Waals surface area contributed by atoms with E-state index in [2.05, 4.69) is 45.7 Å². The minimum atomic E-state index is 0.499. The fourth-order valence-corrected chi connectivity index (χ4v) is 3.18. The maximum absolute atomic E-state index is 4.35. The fraction of sp³-hybridized carbons (Fsp3) is 0.750. The highest BCUT2D eigenvalue weighted by molar-refractivity contribution is 5.80. The van der Waals surface area contributed by atoms with Crippen LogP contribution in [0.25, 0.3) is 0 Å². The van der Waals surface area contributed by atoms with Gasteiger partial charge in [-0.25, -0.2) is 0 Å². The highest BCUT2D eigenvalue weighted by Gasteiger charge is 2.38. The number of aromatic nitrogens is 2. The zero-order valence-electron chi connectivity index (χ0n) is 13.9. The number of hydrogen-bond donors (Lipinski definition) is 2. The van der Waals surface area contributed by atoms with Crippen molar-refractivity contribution in [1.82, 2.24) is 25.3 Å². The first-order valence-corrected chi connectivity index (χ1v) is 8.36. The van der Waals surface area contributed by atoms with Gasteiger partial charge in [0.1, 0.15) is 0 Å². The normalized spacial score (nSPS) is 26.4. The molecule has 0 bridgehead atoms. The molecule has 2 N–H and O–H groups in total. The van der Waals surface area contributed by atoms with E-state index in [0.717, 1.165) is 31.6 Å². The van der Waals surface area contributed by atoms with Crippen molar-refractivity contribution >= 4 is 5.96 Å². The Balaban J connectivity index is 1.43. The molecule has 1 saturated heterocycles. The Hall–Kier alpha value is -1.56. The molecule has 0 aromatic carbocycles. The van der Waals surface area contributed by atoms with E-state index in [-0.39, 0.29) is 0 Å². The van der Waals surface area contributed by atoms with Crippen LogP contribution in [0.2, 0.25) is 0 Å². The number of likely N-dealkylation sites (tertiary alicyclic amines) is 1. The molecule has 3 rings (SSSR count). The molecule has 1 aromatic heterocycles. The van der Waals surface area contributed by atoms with E-state index in [1.54, 1.807) is 0 Å². The second-order valence-electron chi connectivity index (χ2n) is 6.69. The summed E-state index contributed by atoms with van der Waals surface area (Å²) in [6, 6.07) is 1.35. The molecule has 0 spiro atoms. The number of rotatable bonds is 5. The molecule has 122 valence electrons. The van der Waals surface area contributed by atoms with E-state index < -0.39 is 0 Å². The van der Waals surface area contributed by atoms with Gasteiger partial charge in [-0.05, 0) is 31.2 Å². The third-order valence-corrected chi connectivity index (χ3v) is 4.65. The molecule has 1 aliphatic carbocycles. The molecule has 2 aliphatic rings. The van der Waals surface area contributed by atoms with Crippen molar-refractivity contribution in [2.45, 2.75) is 45.3 Å². The molecular weight excluding hydrogens is 276 g/mol. The van der Waals surface area contributed by atoms with E-state index in [1.165, 1.54) is 24.9 Å². The molecule has 2 atom stereocenters.